The zero-order chi connectivity index (χ0) is 11.4. The summed E-state index contributed by atoms with van der Waals surface area (Å²) in [6, 6.07) is 3.97. The van der Waals surface area contributed by atoms with E-state index in [1.807, 2.05) is 0 Å². The van der Waals surface area contributed by atoms with Crippen molar-refractivity contribution in [3.05, 3.63) is 29.3 Å². The first-order valence-electron chi connectivity index (χ1n) is 4.45. The second-order valence-corrected chi connectivity index (χ2v) is 3.21. The molecular formula is C10H13NO4. The molecule has 5 heteroatoms. The predicted octanol–water partition coefficient (Wildman–Crippen LogP) is 0.0114. The minimum absolute atomic E-state index is 0.151. The number of carboxylic acids is 1. The topological polar surface area (TPSA) is 104 Å². The summed E-state index contributed by atoms with van der Waals surface area (Å²) in [4.78, 5) is 10.5. The molecule has 82 valence electrons. The van der Waals surface area contributed by atoms with E-state index < -0.39 is 12.0 Å². The highest BCUT2D eigenvalue weighted by Gasteiger charge is 2.14. The Morgan fingerprint density at radius 1 is 1.47 bits per heavy atom. The monoisotopic (exact) mass is 211 g/mol. The van der Waals surface area contributed by atoms with Gasteiger partial charge in [0.15, 0.2) is 0 Å². The fourth-order valence-corrected chi connectivity index (χ4v) is 1.31. The summed E-state index contributed by atoms with van der Waals surface area (Å²) >= 11 is 0. The summed E-state index contributed by atoms with van der Waals surface area (Å²) in [5.74, 6) is -1.18. The number of aliphatic hydroxyl groups is 1. The lowest BCUT2D eigenvalue weighted by Gasteiger charge is -2.12. The zero-order valence-corrected chi connectivity index (χ0v) is 8.05. The molecule has 0 heterocycles. The summed E-state index contributed by atoms with van der Waals surface area (Å²) in [6.07, 6.45) is -0.266. The lowest BCUT2D eigenvalue weighted by Crippen LogP contribution is -2.15. The molecule has 5 nitrogen and oxygen atoms in total. The first-order chi connectivity index (χ1) is 7.06. The van der Waals surface area contributed by atoms with Gasteiger partial charge in [-0.1, -0.05) is 18.2 Å². The number of phenols is 1. The number of hydrogen-bond acceptors (Lipinski definition) is 4. The zero-order valence-electron chi connectivity index (χ0n) is 8.05. The van der Waals surface area contributed by atoms with Gasteiger partial charge in [0.2, 0.25) is 0 Å². The molecule has 0 unspecified atom stereocenters. The smallest absolute Gasteiger partial charge is 0.307 e. The van der Waals surface area contributed by atoms with Crippen molar-refractivity contribution in [2.45, 2.75) is 12.5 Å². The van der Waals surface area contributed by atoms with Crippen molar-refractivity contribution in [3.8, 4) is 5.75 Å². The first kappa shape index (κ1) is 11.5. The fourth-order valence-electron chi connectivity index (χ4n) is 1.31. The van der Waals surface area contributed by atoms with Crippen LogP contribution in [0.5, 0.6) is 5.75 Å². The maximum atomic E-state index is 10.5. The van der Waals surface area contributed by atoms with Crippen molar-refractivity contribution in [2.24, 2.45) is 5.73 Å². The van der Waals surface area contributed by atoms with E-state index in [2.05, 4.69) is 0 Å². The molecule has 1 aromatic carbocycles. The Bertz CT molecular complexity index is 364. The second kappa shape index (κ2) is 4.77. The molecule has 0 aliphatic heterocycles. The average molecular weight is 211 g/mol. The fraction of sp³-hybridized carbons (Fsp3) is 0.300. The Morgan fingerprint density at radius 3 is 2.67 bits per heavy atom. The third-order valence-corrected chi connectivity index (χ3v) is 2.09. The summed E-state index contributed by atoms with van der Waals surface area (Å²) in [6.45, 7) is -0.302. The van der Waals surface area contributed by atoms with E-state index in [1.54, 1.807) is 12.1 Å². The number of para-hydroxylation sites is 1. The molecule has 1 atom stereocenters. The number of hydrogen-bond donors (Lipinski definition) is 4. The molecule has 0 amide bonds. The van der Waals surface area contributed by atoms with Crippen molar-refractivity contribution < 1.29 is 20.1 Å². The molecule has 0 aliphatic rings. The third kappa shape index (κ3) is 2.68. The highest BCUT2D eigenvalue weighted by molar-refractivity contribution is 5.71. The van der Waals surface area contributed by atoms with Gasteiger partial charge in [-0.2, -0.15) is 0 Å². The van der Waals surface area contributed by atoms with Gasteiger partial charge in [-0.05, 0) is 0 Å². The van der Waals surface area contributed by atoms with Gasteiger partial charge in [0.05, 0.1) is 19.1 Å². The van der Waals surface area contributed by atoms with Gasteiger partial charge in [-0.3, -0.25) is 4.79 Å². The van der Waals surface area contributed by atoms with Gasteiger partial charge in [-0.15, -0.1) is 0 Å². The summed E-state index contributed by atoms with van der Waals surface area (Å²) in [7, 11) is 0. The average Bonchev–Trinajstić information content (AvgIpc) is 2.19. The van der Waals surface area contributed by atoms with E-state index in [0.717, 1.165) is 0 Å². The molecule has 1 rings (SSSR count). The highest BCUT2D eigenvalue weighted by atomic mass is 16.4. The van der Waals surface area contributed by atoms with Gasteiger partial charge >= 0.3 is 5.97 Å². The molecule has 0 bridgehead atoms. The third-order valence-electron chi connectivity index (χ3n) is 2.09. The summed E-state index contributed by atoms with van der Waals surface area (Å²) < 4.78 is 0. The molecule has 0 radical (unpaired) electrons. The molecule has 0 spiro atoms. The van der Waals surface area contributed by atoms with Crippen LogP contribution in [-0.4, -0.2) is 27.9 Å². The Hall–Kier alpha value is -1.59. The molecule has 0 saturated heterocycles. The SMILES string of the molecule is N[C@@H](CO)c1cccc(CC(=O)O)c1O. The Kier molecular flexibility index (Phi) is 3.65. The van der Waals surface area contributed by atoms with Gasteiger partial charge in [0, 0.05) is 11.1 Å². The minimum atomic E-state index is -1.03. The van der Waals surface area contributed by atoms with Gasteiger partial charge in [0.1, 0.15) is 5.75 Å². The van der Waals surface area contributed by atoms with Gasteiger partial charge in [0.25, 0.3) is 0 Å². The van der Waals surface area contributed by atoms with E-state index in [1.165, 1.54) is 6.07 Å². The quantitative estimate of drug-likeness (QED) is 0.561. The van der Waals surface area contributed by atoms with E-state index in [4.69, 9.17) is 15.9 Å². The van der Waals surface area contributed by atoms with Crippen molar-refractivity contribution in [3.63, 3.8) is 0 Å². The molecule has 0 fully saturated rings. The number of phenolic OH excluding ortho intramolecular Hbond substituents is 1. The molecule has 15 heavy (non-hydrogen) atoms. The molecule has 0 aromatic heterocycles. The highest BCUT2D eigenvalue weighted by Crippen LogP contribution is 2.26. The normalized spacial score (nSPS) is 12.4. The van der Waals surface area contributed by atoms with Crippen LogP contribution in [0.2, 0.25) is 0 Å². The molecule has 0 aliphatic carbocycles. The van der Waals surface area contributed by atoms with Crippen LogP contribution in [0.4, 0.5) is 0 Å². The largest absolute Gasteiger partial charge is 0.507 e. The van der Waals surface area contributed by atoms with Crippen molar-refractivity contribution in [1.29, 1.82) is 0 Å². The van der Waals surface area contributed by atoms with E-state index >= 15 is 0 Å². The number of carboxylic acid groups (broad SMARTS) is 1. The van der Waals surface area contributed by atoms with Crippen LogP contribution in [0.3, 0.4) is 0 Å². The van der Waals surface area contributed by atoms with Crippen LogP contribution >= 0.6 is 0 Å². The molecular weight excluding hydrogens is 198 g/mol. The Morgan fingerprint density at radius 2 is 2.13 bits per heavy atom. The van der Waals surface area contributed by atoms with Crippen LogP contribution in [-0.2, 0) is 11.2 Å². The Labute approximate surface area is 86.8 Å². The molecule has 0 saturated carbocycles. The van der Waals surface area contributed by atoms with Crippen LogP contribution in [0, 0.1) is 0 Å². The predicted molar refractivity (Wildman–Crippen MR) is 53.5 cm³/mol. The Balaban J connectivity index is 3.05. The first-order valence-corrected chi connectivity index (χ1v) is 4.45. The second-order valence-electron chi connectivity index (χ2n) is 3.21. The van der Waals surface area contributed by atoms with Gasteiger partial charge in [-0.25, -0.2) is 0 Å². The van der Waals surface area contributed by atoms with Crippen LogP contribution in [0.15, 0.2) is 18.2 Å². The number of aromatic hydroxyl groups is 1. The lowest BCUT2D eigenvalue weighted by molar-refractivity contribution is -0.136. The molecule has 1 aromatic rings. The van der Waals surface area contributed by atoms with Crippen molar-refractivity contribution >= 4 is 5.97 Å². The van der Waals surface area contributed by atoms with E-state index in [0.29, 0.717) is 11.1 Å². The lowest BCUT2D eigenvalue weighted by atomic mass is 10.0. The van der Waals surface area contributed by atoms with Gasteiger partial charge < -0.3 is 21.1 Å². The molecule has 5 N–H and O–H groups in total. The maximum Gasteiger partial charge on any atom is 0.307 e. The number of benzene rings is 1. The number of rotatable bonds is 4. The number of aliphatic carboxylic acids is 1. The number of carbonyl (C=O) groups is 1. The van der Waals surface area contributed by atoms with Crippen LogP contribution in [0.25, 0.3) is 0 Å². The van der Waals surface area contributed by atoms with E-state index in [-0.39, 0.29) is 18.8 Å². The minimum Gasteiger partial charge on any atom is -0.507 e. The number of aliphatic hydroxyl groups excluding tert-OH is 1. The standard InChI is InChI=1S/C10H13NO4/c11-8(5-12)7-3-1-2-6(10(7)15)4-9(13)14/h1-3,8,12,15H,4-5,11H2,(H,13,14)/t8-/m0/s1. The maximum absolute atomic E-state index is 10.5. The number of nitrogens with two attached hydrogens (primary N) is 1. The summed E-state index contributed by atoms with van der Waals surface area (Å²) in [5.41, 5.74) is 6.19. The van der Waals surface area contributed by atoms with Crippen LogP contribution < -0.4 is 5.73 Å². The van der Waals surface area contributed by atoms with Crippen molar-refractivity contribution in [1.82, 2.24) is 0 Å². The van der Waals surface area contributed by atoms with Crippen molar-refractivity contribution in [2.75, 3.05) is 6.61 Å². The summed E-state index contributed by atoms with van der Waals surface area (Å²) in [5, 5.41) is 27.1. The van der Waals surface area contributed by atoms with Crippen LogP contribution in [0.1, 0.15) is 17.2 Å². The van der Waals surface area contributed by atoms with E-state index in [9.17, 15) is 9.90 Å².